The van der Waals surface area contributed by atoms with Crippen LogP contribution in [0.2, 0.25) is 0 Å². The van der Waals surface area contributed by atoms with Gasteiger partial charge >= 0.3 is 0 Å². The molecule has 0 unspecified atom stereocenters. The lowest BCUT2D eigenvalue weighted by Gasteiger charge is -2.01. The predicted octanol–water partition coefficient (Wildman–Crippen LogP) is 3.04. The van der Waals surface area contributed by atoms with Crippen LogP contribution >= 0.6 is 11.8 Å². The SMILES string of the molecule is CCCc1nc(CSc2ccc(N)cc2F)no1. The van der Waals surface area contributed by atoms with Gasteiger partial charge in [-0.2, -0.15) is 4.98 Å². The Balaban J connectivity index is 1.97. The van der Waals surface area contributed by atoms with Crippen molar-refractivity contribution in [3.8, 4) is 0 Å². The van der Waals surface area contributed by atoms with Crippen molar-refractivity contribution >= 4 is 17.4 Å². The molecule has 1 aromatic carbocycles. The van der Waals surface area contributed by atoms with Gasteiger partial charge in [-0.25, -0.2) is 4.39 Å². The zero-order valence-electron chi connectivity index (χ0n) is 10.0. The maximum atomic E-state index is 13.5. The molecule has 1 aromatic heterocycles. The summed E-state index contributed by atoms with van der Waals surface area (Å²) in [6.07, 6.45) is 1.73. The number of nitrogens with two attached hydrogens (primary N) is 1. The Kier molecular flexibility index (Phi) is 4.19. The zero-order valence-corrected chi connectivity index (χ0v) is 10.8. The van der Waals surface area contributed by atoms with Crippen LogP contribution in [0.4, 0.5) is 10.1 Å². The van der Waals surface area contributed by atoms with Crippen molar-refractivity contribution in [2.24, 2.45) is 0 Å². The maximum absolute atomic E-state index is 13.5. The van der Waals surface area contributed by atoms with Gasteiger partial charge in [0, 0.05) is 17.0 Å². The fourth-order valence-corrected chi connectivity index (χ4v) is 2.20. The molecule has 18 heavy (non-hydrogen) atoms. The largest absolute Gasteiger partial charge is 0.399 e. The summed E-state index contributed by atoms with van der Waals surface area (Å²) in [5, 5.41) is 3.84. The molecule has 0 atom stereocenters. The Morgan fingerprint density at radius 1 is 1.44 bits per heavy atom. The van der Waals surface area contributed by atoms with Gasteiger partial charge in [-0.15, -0.1) is 11.8 Å². The minimum atomic E-state index is -0.322. The standard InChI is InChI=1S/C12H14FN3OS/c1-2-3-12-15-11(16-17-12)7-18-10-5-4-8(14)6-9(10)13/h4-6H,2-3,7,14H2,1H3. The fraction of sp³-hybridized carbons (Fsp3) is 0.333. The number of nitrogen functional groups attached to an aromatic ring is 1. The van der Waals surface area contributed by atoms with Gasteiger partial charge in [0.2, 0.25) is 5.89 Å². The molecule has 0 amide bonds. The van der Waals surface area contributed by atoms with Crippen LogP contribution in [0, 0.1) is 5.82 Å². The highest BCUT2D eigenvalue weighted by Crippen LogP contribution is 2.25. The number of halogens is 1. The van der Waals surface area contributed by atoms with Crippen molar-refractivity contribution in [2.75, 3.05) is 5.73 Å². The maximum Gasteiger partial charge on any atom is 0.226 e. The smallest absolute Gasteiger partial charge is 0.226 e. The molecule has 2 N–H and O–H groups in total. The lowest BCUT2D eigenvalue weighted by Crippen LogP contribution is -1.90. The Bertz CT molecular complexity index is 530. The average molecular weight is 267 g/mol. The third kappa shape index (κ3) is 3.22. The molecule has 96 valence electrons. The summed E-state index contributed by atoms with van der Waals surface area (Å²) in [6, 6.07) is 4.63. The molecule has 0 saturated carbocycles. The summed E-state index contributed by atoms with van der Waals surface area (Å²) in [6.45, 7) is 2.04. The first-order chi connectivity index (χ1) is 8.69. The van der Waals surface area contributed by atoms with E-state index in [9.17, 15) is 4.39 Å². The Morgan fingerprint density at radius 3 is 3.00 bits per heavy atom. The molecular weight excluding hydrogens is 253 g/mol. The number of nitrogens with zero attached hydrogens (tertiary/aromatic N) is 2. The minimum absolute atomic E-state index is 0.322. The van der Waals surface area contributed by atoms with Crippen LogP contribution in [-0.4, -0.2) is 10.1 Å². The van der Waals surface area contributed by atoms with Crippen LogP contribution in [0.25, 0.3) is 0 Å². The third-order valence-electron chi connectivity index (χ3n) is 2.29. The summed E-state index contributed by atoms with van der Waals surface area (Å²) in [7, 11) is 0. The highest BCUT2D eigenvalue weighted by atomic mass is 32.2. The van der Waals surface area contributed by atoms with Crippen molar-refractivity contribution < 1.29 is 8.91 Å². The van der Waals surface area contributed by atoms with Crippen LogP contribution in [0.1, 0.15) is 25.1 Å². The van der Waals surface area contributed by atoms with Gasteiger partial charge in [-0.1, -0.05) is 12.1 Å². The number of benzene rings is 1. The normalized spacial score (nSPS) is 10.8. The zero-order chi connectivity index (χ0) is 13.0. The van der Waals surface area contributed by atoms with E-state index in [1.807, 2.05) is 6.92 Å². The van der Waals surface area contributed by atoms with E-state index in [4.69, 9.17) is 10.3 Å². The number of aromatic nitrogens is 2. The number of rotatable bonds is 5. The van der Waals surface area contributed by atoms with Gasteiger partial charge in [0.1, 0.15) is 5.82 Å². The first-order valence-corrected chi connectivity index (χ1v) is 6.67. The van der Waals surface area contributed by atoms with Gasteiger partial charge in [0.05, 0.1) is 5.75 Å². The monoisotopic (exact) mass is 267 g/mol. The molecule has 0 aliphatic heterocycles. The number of thioether (sulfide) groups is 1. The van der Waals surface area contributed by atoms with Gasteiger partial charge in [0.15, 0.2) is 5.82 Å². The second-order valence-corrected chi connectivity index (χ2v) is 4.85. The minimum Gasteiger partial charge on any atom is -0.399 e. The molecule has 0 aliphatic rings. The van der Waals surface area contributed by atoms with Crippen LogP contribution in [0.15, 0.2) is 27.6 Å². The Labute approximate surface area is 109 Å². The van der Waals surface area contributed by atoms with Crippen LogP contribution in [-0.2, 0) is 12.2 Å². The van der Waals surface area contributed by atoms with E-state index < -0.39 is 0 Å². The van der Waals surface area contributed by atoms with E-state index in [0.29, 0.717) is 28.1 Å². The molecule has 0 bridgehead atoms. The number of hydrogen-bond acceptors (Lipinski definition) is 5. The summed E-state index contributed by atoms with van der Waals surface area (Å²) < 4.78 is 18.6. The van der Waals surface area contributed by atoms with Gasteiger partial charge in [-0.3, -0.25) is 0 Å². The molecule has 0 saturated heterocycles. The first-order valence-electron chi connectivity index (χ1n) is 5.68. The highest BCUT2D eigenvalue weighted by Gasteiger charge is 2.08. The van der Waals surface area contributed by atoms with Crippen molar-refractivity contribution in [1.82, 2.24) is 10.1 Å². The summed E-state index contributed by atoms with van der Waals surface area (Å²) in [5.41, 5.74) is 5.90. The average Bonchev–Trinajstić information content (AvgIpc) is 2.76. The molecular formula is C12H14FN3OS. The van der Waals surface area contributed by atoms with Crippen molar-refractivity contribution in [1.29, 1.82) is 0 Å². The molecule has 0 spiro atoms. The third-order valence-corrected chi connectivity index (χ3v) is 3.33. The second kappa shape index (κ2) is 5.86. The quantitative estimate of drug-likeness (QED) is 0.666. The highest BCUT2D eigenvalue weighted by molar-refractivity contribution is 7.98. The second-order valence-electron chi connectivity index (χ2n) is 3.83. The Hall–Kier alpha value is -1.56. The molecule has 2 rings (SSSR count). The molecule has 0 radical (unpaired) electrons. The lowest BCUT2D eigenvalue weighted by molar-refractivity contribution is 0.373. The molecule has 0 aliphatic carbocycles. The van der Waals surface area contributed by atoms with E-state index in [0.717, 1.165) is 12.8 Å². The van der Waals surface area contributed by atoms with E-state index in [-0.39, 0.29) is 5.82 Å². The van der Waals surface area contributed by atoms with Crippen molar-refractivity contribution in [3.05, 3.63) is 35.7 Å². The molecule has 2 aromatic rings. The molecule has 0 fully saturated rings. The number of anilines is 1. The van der Waals surface area contributed by atoms with Crippen LogP contribution in [0.5, 0.6) is 0 Å². The van der Waals surface area contributed by atoms with E-state index in [2.05, 4.69) is 10.1 Å². The number of aryl methyl sites for hydroxylation is 1. The summed E-state index contributed by atoms with van der Waals surface area (Å²) in [5.74, 6) is 1.37. The van der Waals surface area contributed by atoms with Gasteiger partial charge in [-0.05, 0) is 24.6 Å². The fourth-order valence-electron chi connectivity index (χ4n) is 1.44. The van der Waals surface area contributed by atoms with E-state index >= 15 is 0 Å². The molecule has 6 heteroatoms. The predicted molar refractivity (Wildman–Crippen MR) is 68.7 cm³/mol. The van der Waals surface area contributed by atoms with Gasteiger partial charge in [0.25, 0.3) is 0 Å². The van der Waals surface area contributed by atoms with Crippen LogP contribution in [0.3, 0.4) is 0 Å². The van der Waals surface area contributed by atoms with E-state index in [1.165, 1.54) is 17.8 Å². The van der Waals surface area contributed by atoms with E-state index in [1.54, 1.807) is 12.1 Å². The van der Waals surface area contributed by atoms with Crippen LogP contribution < -0.4 is 5.73 Å². The first kappa shape index (κ1) is 12.9. The summed E-state index contributed by atoms with van der Waals surface area (Å²) in [4.78, 5) is 4.75. The number of hydrogen-bond donors (Lipinski definition) is 1. The van der Waals surface area contributed by atoms with Gasteiger partial charge < -0.3 is 10.3 Å². The lowest BCUT2D eigenvalue weighted by atomic mass is 10.3. The topological polar surface area (TPSA) is 64.9 Å². The summed E-state index contributed by atoms with van der Waals surface area (Å²) >= 11 is 1.32. The Morgan fingerprint density at radius 2 is 2.28 bits per heavy atom. The molecule has 4 nitrogen and oxygen atoms in total. The van der Waals surface area contributed by atoms with Crippen molar-refractivity contribution in [3.63, 3.8) is 0 Å². The van der Waals surface area contributed by atoms with Crippen molar-refractivity contribution in [2.45, 2.75) is 30.4 Å². The molecule has 1 heterocycles.